The zero-order valence-corrected chi connectivity index (χ0v) is 21.7. The number of amides is 1. The Morgan fingerprint density at radius 2 is 1.86 bits per heavy atom. The van der Waals surface area contributed by atoms with Crippen molar-refractivity contribution in [3.8, 4) is 5.75 Å². The molecular formula is C29H36N4O4. The molecule has 1 aliphatic heterocycles. The lowest BCUT2D eigenvalue weighted by molar-refractivity contribution is 0.0938. The van der Waals surface area contributed by atoms with Crippen LogP contribution < -0.4 is 15.0 Å². The summed E-state index contributed by atoms with van der Waals surface area (Å²) in [6.45, 7) is 7.02. The van der Waals surface area contributed by atoms with Gasteiger partial charge in [0.2, 0.25) is 5.95 Å². The van der Waals surface area contributed by atoms with Gasteiger partial charge in [-0.1, -0.05) is 12.1 Å². The van der Waals surface area contributed by atoms with E-state index in [2.05, 4.69) is 15.2 Å². The molecule has 2 fully saturated rings. The molecule has 1 unspecified atom stereocenters. The molecule has 0 bridgehead atoms. The van der Waals surface area contributed by atoms with Crippen molar-refractivity contribution in [3.05, 3.63) is 71.4 Å². The Bertz CT molecular complexity index is 1160. The van der Waals surface area contributed by atoms with Crippen LogP contribution in [0.2, 0.25) is 0 Å². The summed E-state index contributed by atoms with van der Waals surface area (Å²) < 4.78 is 16.9. The summed E-state index contributed by atoms with van der Waals surface area (Å²) >= 11 is 0. The number of anilines is 1. The molecule has 1 aliphatic carbocycles. The van der Waals surface area contributed by atoms with E-state index in [4.69, 9.17) is 18.9 Å². The first kappa shape index (κ1) is 25.3. The minimum atomic E-state index is -0.130. The van der Waals surface area contributed by atoms with E-state index >= 15 is 0 Å². The normalized spacial score (nSPS) is 20.9. The van der Waals surface area contributed by atoms with Gasteiger partial charge in [0.25, 0.3) is 5.91 Å². The number of aromatic nitrogens is 2. The van der Waals surface area contributed by atoms with Crippen LogP contribution >= 0.6 is 0 Å². The lowest BCUT2D eigenvalue weighted by Gasteiger charge is -2.29. The third-order valence-corrected chi connectivity index (χ3v) is 7.42. The van der Waals surface area contributed by atoms with E-state index in [1.807, 2.05) is 50.4 Å². The molecule has 3 aromatic rings. The Morgan fingerprint density at radius 1 is 1.11 bits per heavy atom. The van der Waals surface area contributed by atoms with Crippen molar-refractivity contribution in [2.24, 2.45) is 5.92 Å². The summed E-state index contributed by atoms with van der Waals surface area (Å²) in [6.07, 6.45) is 10.5. The number of morpholine rings is 1. The Morgan fingerprint density at radius 3 is 2.57 bits per heavy atom. The highest BCUT2D eigenvalue weighted by molar-refractivity contribution is 5.95. The number of nitrogens with one attached hydrogen (secondary N) is 1. The van der Waals surface area contributed by atoms with Crippen LogP contribution in [0, 0.1) is 12.8 Å². The first-order valence-electron chi connectivity index (χ1n) is 13.3. The van der Waals surface area contributed by atoms with Crippen molar-refractivity contribution in [2.45, 2.75) is 58.1 Å². The molecule has 2 aliphatic rings. The highest BCUT2D eigenvalue weighted by Gasteiger charge is 2.24. The fraction of sp³-hybridized carbons (Fsp3) is 0.483. The predicted molar refractivity (Wildman–Crippen MR) is 141 cm³/mol. The van der Waals surface area contributed by atoms with Gasteiger partial charge in [-0.3, -0.25) is 4.79 Å². The summed E-state index contributed by atoms with van der Waals surface area (Å²) in [7, 11) is 0. The molecule has 1 saturated carbocycles. The summed E-state index contributed by atoms with van der Waals surface area (Å²) in [5, 5.41) is 3.03. The van der Waals surface area contributed by atoms with E-state index in [9.17, 15) is 4.79 Å². The van der Waals surface area contributed by atoms with Gasteiger partial charge in [0.15, 0.2) is 0 Å². The van der Waals surface area contributed by atoms with E-state index < -0.39 is 0 Å². The second kappa shape index (κ2) is 11.8. The third kappa shape index (κ3) is 6.49. The van der Waals surface area contributed by atoms with Crippen molar-refractivity contribution in [1.29, 1.82) is 0 Å². The maximum absolute atomic E-state index is 12.5. The van der Waals surface area contributed by atoms with Crippen LogP contribution in [0.15, 0.2) is 53.5 Å². The number of aryl methyl sites for hydroxylation is 1. The van der Waals surface area contributed by atoms with Crippen LogP contribution in [0.5, 0.6) is 5.75 Å². The van der Waals surface area contributed by atoms with Crippen LogP contribution in [0.1, 0.15) is 65.8 Å². The molecule has 1 atom stereocenters. The first-order valence-corrected chi connectivity index (χ1v) is 13.3. The van der Waals surface area contributed by atoms with Crippen LogP contribution in [-0.4, -0.2) is 48.3 Å². The van der Waals surface area contributed by atoms with Crippen molar-refractivity contribution in [2.75, 3.05) is 31.2 Å². The molecule has 2 aromatic heterocycles. The topological polar surface area (TPSA) is 89.7 Å². The molecule has 1 N–H and O–H groups in total. The Hall–Kier alpha value is -3.39. The Labute approximate surface area is 218 Å². The Balaban J connectivity index is 1.08. The highest BCUT2D eigenvalue weighted by atomic mass is 16.5. The van der Waals surface area contributed by atoms with Crippen LogP contribution in [0.3, 0.4) is 0 Å². The van der Waals surface area contributed by atoms with Crippen molar-refractivity contribution in [1.82, 2.24) is 15.3 Å². The quantitative estimate of drug-likeness (QED) is 0.467. The number of carbonyl (C=O) groups is 1. The number of hydrogen-bond donors (Lipinski definition) is 1. The smallest absolute Gasteiger partial charge is 0.255 e. The molecule has 5 rings (SSSR count). The summed E-state index contributed by atoms with van der Waals surface area (Å²) in [5.41, 5.74) is 3.56. The zero-order chi connectivity index (χ0) is 25.6. The van der Waals surface area contributed by atoms with Crippen molar-refractivity contribution < 1.29 is 18.7 Å². The molecule has 1 aromatic carbocycles. The summed E-state index contributed by atoms with van der Waals surface area (Å²) in [6, 6.07) is 9.98. The van der Waals surface area contributed by atoms with Gasteiger partial charge >= 0.3 is 0 Å². The maximum Gasteiger partial charge on any atom is 0.255 e. The maximum atomic E-state index is 12.5. The molecule has 37 heavy (non-hydrogen) atoms. The fourth-order valence-corrected chi connectivity index (χ4v) is 5.14. The van der Waals surface area contributed by atoms with Gasteiger partial charge in [0, 0.05) is 25.0 Å². The number of ether oxygens (including phenoxy) is 2. The summed E-state index contributed by atoms with van der Waals surface area (Å²) in [5.74, 6) is 2.20. The van der Waals surface area contributed by atoms with Gasteiger partial charge in [-0.25, -0.2) is 9.97 Å². The van der Waals surface area contributed by atoms with Gasteiger partial charge < -0.3 is 24.1 Å². The van der Waals surface area contributed by atoms with Crippen LogP contribution in [-0.2, 0) is 11.2 Å². The monoisotopic (exact) mass is 504 g/mol. The number of benzene rings is 1. The molecule has 1 saturated heterocycles. The van der Waals surface area contributed by atoms with E-state index in [1.165, 1.54) is 6.26 Å². The van der Waals surface area contributed by atoms with E-state index in [-0.39, 0.29) is 18.1 Å². The van der Waals surface area contributed by atoms with Crippen LogP contribution in [0.4, 0.5) is 5.95 Å². The van der Waals surface area contributed by atoms with E-state index in [1.54, 1.807) is 6.26 Å². The van der Waals surface area contributed by atoms with Crippen molar-refractivity contribution in [3.63, 3.8) is 0 Å². The largest absolute Gasteiger partial charge is 0.490 e. The lowest BCUT2D eigenvalue weighted by Crippen LogP contribution is -2.37. The van der Waals surface area contributed by atoms with Crippen LogP contribution in [0.25, 0.3) is 0 Å². The average Bonchev–Trinajstić information content (AvgIpc) is 3.37. The second-order valence-corrected chi connectivity index (χ2v) is 10.1. The van der Waals surface area contributed by atoms with Gasteiger partial charge in [-0.15, -0.1) is 0 Å². The number of furan rings is 1. The first-order chi connectivity index (χ1) is 18.0. The number of carbonyl (C=O) groups excluding carboxylic acids is 1. The van der Waals surface area contributed by atoms with Crippen molar-refractivity contribution >= 4 is 11.9 Å². The van der Waals surface area contributed by atoms with Gasteiger partial charge in [-0.2, -0.15) is 0 Å². The minimum absolute atomic E-state index is 0.114. The zero-order valence-electron chi connectivity index (χ0n) is 21.7. The molecule has 8 heteroatoms. The Kier molecular flexibility index (Phi) is 8.04. The molecule has 1 amide bonds. The van der Waals surface area contributed by atoms with Gasteiger partial charge in [0.1, 0.15) is 12.0 Å². The molecule has 3 heterocycles. The predicted octanol–water partition coefficient (Wildman–Crippen LogP) is 4.89. The third-order valence-electron chi connectivity index (χ3n) is 7.42. The number of hydrogen-bond acceptors (Lipinski definition) is 7. The highest BCUT2D eigenvalue weighted by Crippen LogP contribution is 2.30. The molecular weight excluding hydrogens is 468 g/mol. The average molecular weight is 505 g/mol. The van der Waals surface area contributed by atoms with E-state index in [0.29, 0.717) is 11.5 Å². The number of rotatable bonds is 8. The second-order valence-electron chi connectivity index (χ2n) is 10.1. The standard InChI is InChI=1S/C29H36N4O4/c1-20-18-36-19-27(20)28(34)31-21(2)23-5-9-26(10-6-23)37-25-7-3-22(4-8-25)17-24-11-12-30-29(32-24)33-13-15-35-16-14-33/h5-6,9-12,18-19,21-22,25H,3-4,7-8,13-17H2,1-2H3,(H,31,34). The van der Waals surface area contributed by atoms with Gasteiger partial charge in [-0.05, 0) is 81.2 Å². The lowest BCUT2D eigenvalue weighted by atomic mass is 9.84. The number of nitrogens with zero attached hydrogens (tertiary/aromatic N) is 3. The molecule has 0 spiro atoms. The fourth-order valence-electron chi connectivity index (χ4n) is 5.14. The van der Waals surface area contributed by atoms with E-state index in [0.717, 1.165) is 86.9 Å². The molecule has 8 nitrogen and oxygen atoms in total. The molecule has 0 radical (unpaired) electrons. The summed E-state index contributed by atoms with van der Waals surface area (Å²) in [4.78, 5) is 24.0. The van der Waals surface area contributed by atoms with Gasteiger partial charge in [0.05, 0.1) is 37.2 Å². The minimum Gasteiger partial charge on any atom is -0.490 e. The molecule has 196 valence electrons. The SMILES string of the molecule is Cc1cocc1C(=O)NC(C)c1ccc(OC2CCC(Cc3ccnc(N4CCOCC4)n3)CC2)cc1.